The zero-order chi connectivity index (χ0) is 26.4. The molecule has 0 atom stereocenters. The van der Waals surface area contributed by atoms with Crippen molar-refractivity contribution < 1.29 is 26.9 Å². The molecule has 0 saturated heterocycles. The molecule has 1 heterocycles. The molecule has 0 aliphatic heterocycles. The lowest BCUT2D eigenvalue weighted by Gasteiger charge is -2.07. The monoisotopic (exact) mass is 537 g/mol. The number of benzene rings is 3. The molecule has 4 aromatic rings. The van der Waals surface area contributed by atoms with Gasteiger partial charge in [0.15, 0.2) is 0 Å². The minimum Gasteiger partial charge on any atom is -0.445 e. The third-order valence-corrected chi connectivity index (χ3v) is 7.40. The Hall–Kier alpha value is -4.22. The fourth-order valence-electron chi connectivity index (χ4n) is 3.46. The Balaban J connectivity index is 1.31. The van der Waals surface area contributed by atoms with E-state index in [-0.39, 0.29) is 23.9 Å². The van der Waals surface area contributed by atoms with Crippen LogP contribution in [-0.4, -0.2) is 26.3 Å². The van der Waals surface area contributed by atoms with Gasteiger partial charge in [0, 0.05) is 10.4 Å². The molecule has 0 aliphatic carbocycles. The Morgan fingerprint density at radius 2 is 1.65 bits per heavy atom. The van der Waals surface area contributed by atoms with Gasteiger partial charge in [0.2, 0.25) is 0 Å². The number of alkyl carbamates (subject to hydrolysis) is 1. The van der Waals surface area contributed by atoms with Crippen molar-refractivity contribution in [3.63, 3.8) is 0 Å². The molecule has 4 N–H and O–H groups in total. The maximum atomic E-state index is 12.5. The number of hydrogen-bond donors (Lipinski definition) is 3. The fourth-order valence-corrected chi connectivity index (χ4v) is 5.30. The second-order valence-corrected chi connectivity index (χ2v) is 10.8. The standard InChI is InChI=1S/C26H23N3O6S2/c27-24(28)21-9-8-19-12-18(6-7-20(19)13-21)16-37(32,33)35-25(30)23-11-10-22(36-23)14-29-26(31)34-15-17-4-2-1-3-5-17/h1-13H,14-16H2,(H3,27,28)(H,29,31). The molecule has 0 spiro atoms. The highest BCUT2D eigenvalue weighted by Crippen LogP contribution is 2.22. The number of fused-ring (bicyclic) bond motifs is 1. The van der Waals surface area contributed by atoms with Crippen LogP contribution in [0.2, 0.25) is 0 Å². The van der Waals surface area contributed by atoms with Gasteiger partial charge in [-0.1, -0.05) is 60.7 Å². The predicted molar refractivity (Wildman–Crippen MR) is 141 cm³/mol. The molecule has 190 valence electrons. The highest BCUT2D eigenvalue weighted by Gasteiger charge is 2.21. The van der Waals surface area contributed by atoms with Gasteiger partial charge in [-0.15, -0.1) is 11.3 Å². The van der Waals surface area contributed by atoms with Crippen molar-refractivity contribution in [2.75, 3.05) is 0 Å². The van der Waals surface area contributed by atoms with Gasteiger partial charge < -0.3 is 20.0 Å². The molecule has 1 amide bonds. The van der Waals surface area contributed by atoms with Crippen LogP contribution >= 0.6 is 11.3 Å². The van der Waals surface area contributed by atoms with E-state index in [1.54, 1.807) is 42.5 Å². The lowest BCUT2D eigenvalue weighted by molar-refractivity contribution is 0.0751. The van der Waals surface area contributed by atoms with E-state index in [1.165, 1.54) is 6.07 Å². The maximum Gasteiger partial charge on any atom is 0.407 e. The van der Waals surface area contributed by atoms with E-state index < -0.39 is 27.9 Å². The molecule has 11 heteroatoms. The number of hydrogen-bond acceptors (Lipinski definition) is 8. The molecule has 0 radical (unpaired) electrons. The van der Waals surface area contributed by atoms with Gasteiger partial charge in [-0.05, 0) is 40.1 Å². The first-order valence-electron chi connectivity index (χ1n) is 11.1. The first kappa shape index (κ1) is 25.9. The molecule has 3 aromatic carbocycles. The van der Waals surface area contributed by atoms with Crippen LogP contribution in [0.25, 0.3) is 10.8 Å². The summed E-state index contributed by atoms with van der Waals surface area (Å²) >= 11 is 1.01. The molecule has 0 unspecified atom stereocenters. The molecule has 37 heavy (non-hydrogen) atoms. The van der Waals surface area contributed by atoms with Crippen molar-refractivity contribution in [2.45, 2.75) is 18.9 Å². The largest absolute Gasteiger partial charge is 0.445 e. The van der Waals surface area contributed by atoms with Crippen LogP contribution in [0.15, 0.2) is 78.9 Å². The summed E-state index contributed by atoms with van der Waals surface area (Å²) in [7, 11) is -4.21. The Labute approximate surface area is 217 Å². The summed E-state index contributed by atoms with van der Waals surface area (Å²) in [6, 6.07) is 22.4. The topological polar surface area (TPSA) is 149 Å². The number of amides is 1. The van der Waals surface area contributed by atoms with Crippen LogP contribution < -0.4 is 11.1 Å². The highest BCUT2D eigenvalue weighted by atomic mass is 32.2. The summed E-state index contributed by atoms with van der Waals surface area (Å²) in [5, 5.41) is 11.7. The van der Waals surface area contributed by atoms with Gasteiger partial charge in [0.25, 0.3) is 0 Å². The summed E-state index contributed by atoms with van der Waals surface area (Å²) < 4.78 is 35.0. The first-order valence-corrected chi connectivity index (χ1v) is 13.4. The average Bonchev–Trinajstić information content (AvgIpc) is 3.35. The SMILES string of the molecule is N=C(N)c1ccc2cc(CS(=O)(=O)OC(=O)c3ccc(CNC(=O)OCc4ccccc4)s3)ccc2c1. The fraction of sp³-hybridized carbons (Fsp3) is 0.115. The van der Waals surface area contributed by atoms with Gasteiger partial charge in [0.05, 0.1) is 6.54 Å². The van der Waals surface area contributed by atoms with Crippen LogP contribution in [0.5, 0.6) is 0 Å². The normalized spacial score (nSPS) is 11.1. The van der Waals surface area contributed by atoms with Gasteiger partial charge in [-0.25, -0.2) is 9.59 Å². The molecular weight excluding hydrogens is 514 g/mol. The van der Waals surface area contributed by atoms with E-state index in [9.17, 15) is 18.0 Å². The average molecular weight is 538 g/mol. The molecule has 0 aliphatic rings. The molecule has 1 aromatic heterocycles. The Kier molecular flexibility index (Phi) is 7.85. The lowest BCUT2D eigenvalue weighted by atomic mass is 10.0. The number of nitrogen functional groups attached to an aromatic ring is 1. The predicted octanol–water partition coefficient (Wildman–Crippen LogP) is 4.30. The van der Waals surface area contributed by atoms with Crippen molar-refractivity contribution in [1.29, 1.82) is 5.41 Å². The maximum absolute atomic E-state index is 12.5. The Bertz CT molecular complexity index is 1570. The Morgan fingerprint density at radius 3 is 2.41 bits per heavy atom. The van der Waals surface area contributed by atoms with Crippen LogP contribution in [0.4, 0.5) is 4.79 Å². The minimum atomic E-state index is -4.21. The van der Waals surface area contributed by atoms with Gasteiger partial charge in [0.1, 0.15) is 23.1 Å². The molecule has 4 rings (SSSR count). The van der Waals surface area contributed by atoms with Gasteiger partial charge >= 0.3 is 22.2 Å². The van der Waals surface area contributed by atoms with Crippen LogP contribution in [0.3, 0.4) is 0 Å². The number of amidine groups is 1. The minimum absolute atomic E-state index is 0.0593. The smallest absolute Gasteiger partial charge is 0.407 e. The highest BCUT2D eigenvalue weighted by molar-refractivity contribution is 7.86. The summed E-state index contributed by atoms with van der Waals surface area (Å²) in [4.78, 5) is 25.1. The quantitative estimate of drug-likeness (QED) is 0.164. The van der Waals surface area contributed by atoms with Crippen molar-refractivity contribution in [1.82, 2.24) is 5.32 Å². The van der Waals surface area contributed by atoms with Gasteiger partial charge in [-0.2, -0.15) is 8.42 Å². The van der Waals surface area contributed by atoms with Crippen molar-refractivity contribution in [3.05, 3.63) is 105 Å². The van der Waals surface area contributed by atoms with Crippen molar-refractivity contribution >= 4 is 50.1 Å². The number of carbonyl (C=O) groups is 2. The molecular formula is C26H23N3O6S2. The van der Waals surface area contributed by atoms with Crippen LogP contribution in [0.1, 0.15) is 31.2 Å². The number of carbonyl (C=O) groups excluding carboxylic acids is 2. The third-order valence-electron chi connectivity index (χ3n) is 5.24. The molecule has 9 nitrogen and oxygen atoms in total. The molecule has 0 bridgehead atoms. The van der Waals surface area contributed by atoms with E-state index in [0.717, 1.165) is 27.7 Å². The van der Waals surface area contributed by atoms with Crippen LogP contribution in [0, 0.1) is 5.41 Å². The second kappa shape index (κ2) is 11.2. The third kappa shape index (κ3) is 7.15. The summed E-state index contributed by atoms with van der Waals surface area (Å²) in [5.41, 5.74) is 7.37. The zero-order valence-corrected chi connectivity index (χ0v) is 21.1. The van der Waals surface area contributed by atoms with Crippen LogP contribution in [-0.2, 0) is 37.9 Å². The number of nitrogens with one attached hydrogen (secondary N) is 2. The number of thiophene rings is 1. The van der Waals surface area contributed by atoms with E-state index in [1.807, 2.05) is 30.3 Å². The number of nitrogens with two attached hydrogens (primary N) is 1. The van der Waals surface area contributed by atoms with E-state index >= 15 is 0 Å². The van der Waals surface area contributed by atoms with Crippen molar-refractivity contribution in [3.8, 4) is 0 Å². The molecule has 0 saturated carbocycles. The van der Waals surface area contributed by atoms with Gasteiger partial charge in [-0.3, -0.25) is 5.41 Å². The first-order chi connectivity index (χ1) is 17.7. The zero-order valence-electron chi connectivity index (χ0n) is 19.5. The van der Waals surface area contributed by atoms with E-state index in [2.05, 4.69) is 5.32 Å². The molecule has 0 fully saturated rings. The van der Waals surface area contributed by atoms with E-state index in [0.29, 0.717) is 16.0 Å². The summed E-state index contributed by atoms with van der Waals surface area (Å²) in [6.07, 6.45) is -0.614. The second-order valence-electron chi connectivity index (χ2n) is 8.06. The lowest BCUT2D eigenvalue weighted by Crippen LogP contribution is -2.23. The number of ether oxygens (including phenoxy) is 1. The van der Waals surface area contributed by atoms with Crippen molar-refractivity contribution in [2.24, 2.45) is 5.73 Å². The summed E-state index contributed by atoms with van der Waals surface area (Å²) in [6.45, 7) is 0.240. The number of rotatable bonds is 9. The Morgan fingerprint density at radius 1 is 0.919 bits per heavy atom. The summed E-state index contributed by atoms with van der Waals surface area (Å²) in [5.74, 6) is -1.54. The van der Waals surface area contributed by atoms with E-state index in [4.69, 9.17) is 20.1 Å².